The SMILES string of the molecule is CO[C@@H]1O[C@@H]2CO[C@H](c3ccccc3)O[C@@H]2[C@H](OS(=O)(=O)c2ccccc2)[C@H]1OS(=O)(=O)c1ccc(C)cc1. The van der Waals surface area contributed by atoms with Crippen LogP contribution in [0.2, 0.25) is 0 Å². The fourth-order valence-electron chi connectivity index (χ4n) is 4.42. The number of fused-ring (bicyclic) bond motifs is 1. The van der Waals surface area contributed by atoms with Gasteiger partial charge >= 0.3 is 0 Å². The summed E-state index contributed by atoms with van der Waals surface area (Å²) >= 11 is 0. The van der Waals surface area contributed by atoms with Crippen LogP contribution < -0.4 is 0 Å². The molecule has 0 N–H and O–H groups in total. The van der Waals surface area contributed by atoms with Gasteiger partial charge in [0.2, 0.25) is 0 Å². The summed E-state index contributed by atoms with van der Waals surface area (Å²) in [5.74, 6) is 0. The lowest BCUT2D eigenvalue weighted by Gasteiger charge is -2.47. The predicted octanol–water partition coefficient (Wildman–Crippen LogP) is 3.33. The maximum absolute atomic E-state index is 13.3. The van der Waals surface area contributed by atoms with Gasteiger partial charge in [-0.05, 0) is 31.2 Å². The Balaban J connectivity index is 1.53. The molecule has 0 amide bonds. The normalized spacial score (nSPS) is 27.5. The lowest BCUT2D eigenvalue weighted by molar-refractivity contribution is -0.351. The van der Waals surface area contributed by atoms with E-state index in [0.717, 1.165) is 5.56 Å². The molecule has 0 spiro atoms. The Morgan fingerprint density at radius 1 is 0.718 bits per heavy atom. The van der Waals surface area contributed by atoms with E-state index in [2.05, 4.69) is 0 Å². The van der Waals surface area contributed by atoms with Gasteiger partial charge < -0.3 is 18.9 Å². The lowest BCUT2D eigenvalue weighted by Crippen LogP contribution is -2.64. The minimum Gasteiger partial charge on any atom is -0.353 e. The van der Waals surface area contributed by atoms with Crippen molar-refractivity contribution in [1.29, 1.82) is 0 Å². The van der Waals surface area contributed by atoms with Crippen LogP contribution in [0, 0.1) is 6.92 Å². The quantitative estimate of drug-likeness (QED) is 0.369. The van der Waals surface area contributed by atoms with Gasteiger partial charge in [0.15, 0.2) is 18.7 Å². The third kappa shape index (κ3) is 6.08. The molecule has 3 aromatic rings. The van der Waals surface area contributed by atoms with Crippen LogP contribution in [0.3, 0.4) is 0 Å². The standard InChI is InChI=1S/C27H28O10S2/c1-18-13-15-21(16-14-18)39(30,31)37-25-24(36-38(28,29)20-11-7-4-8-12-20)23-22(34-27(25)32-2)17-33-26(35-23)19-9-5-3-6-10-19/h3-16,22-27H,17H2,1-2H3/t22-,23+,24+,25-,26+,27-/m1/s1. The molecule has 2 saturated heterocycles. The molecule has 0 aliphatic carbocycles. The summed E-state index contributed by atoms with van der Waals surface area (Å²) in [5, 5.41) is 0. The van der Waals surface area contributed by atoms with Crippen molar-refractivity contribution in [3.8, 4) is 0 Å². The molecule has 2 aliphatic rings. The maximum atomic E-state index is 13.3. The number of methoxy groups -OCH3 is 1. The van der Waals surface area contributed by atoms with E-state index in [1.54, 1.807) is 54.6 Å². The molecule has 39 heavy (non-hydrogen) atoms. The molecule has 0 saturated carbocycles. The van der Waals surface area contributed by atoms with Crippen molar-refractivity contribution >= 4 is 20.2 Å². The van der Waals surface area contributed by atoms with E-state index in [1.807, 2.05) is 13.0 Å². The van der Waals surface area contributed by atoms with Crippen LogP contribution >= 0.6 is 0 Å². The third-order valence-corrected chi connectivity index (χ3v) is 9.06. The van der Waals surface area contributed by atoms with E-state index in [-0.39, 0.29) is 16.4 Å². The first-order chi connectivity index (χ1) is 18.7. The Bertz CT molecular complexity index is 1460. The summed E-state index contributed by atoms with van der Waals surface area (Å²) in [6.07, 6.45) is -7.15. The van der Waals surface area contributed by atoms with Crippen molar-refractivity contribution < 1.29 is 44.1 Å². The van der Waals surface area contributed by atoms with Crippen LogP contribution in [0.15, 0.2) is 94.7 Å². The number of hydrogen-bond donors (Lipinski definition) is 0. The van der Waals surface area contributed by atoms with Gasteiger partial charge in [-0.2, -0.15) is 16.8 Å². The zero-order valence-electron chi connectivity index (χ0n) is 21.2. The maximum Gasteiger partial charge on any atom is 0.297 e. The van der Waals surface area contributed by atoms with E-state index in [9.17, 15) is 16.8 Å². The molecule has 5 rings (SSSR count). The fraction of sp³-hybridized carbons (Fsp3) is 0.333. The summed E-state index contributed by atoms with van der Waals surface area (Å²) in [6, 6.07) is 22.6. The highest BCUT2D eigenvalue weighted by atomic mass is 32.2. The van der Waals surface area contributed by atoms with Gasteiger partial charge in [0, 0.05) is 12.7 Å². The average molecular weight is 577 g/mol. The summed E-state index contributed by atoms with van der Waals surface area (Å²) in [4.78, 5) is -0.237. The van der Waals surface area contributed by atoms with Crippen molar-refractivity contribution in [2.45, 2.75) is 53.7 Å². The first-order valence-electron chi connectivity index (χ1n) is 12.2. The van der Waals surface area contributed by atoms with E-state index in [0.29, 0.717) is 5.56 Å². The minimum absolute atomic E-state index is 0.00671. The topological polar surface area (TPSA) is 124 Å². The van der Waals surface area contributed by atoms with Crippen molar-refractivity contribution in [2.24, 2.45) is 0 Å². The first-order valence-corrected chi connectivity index (χ1v) is 15.0. The molecule has 10 nitrogen and oxygen atoms in total. The zero-order valence-corrected chi connectivity index (χ0v) is 22.8. The van der Waals surface area contributed by atoms with Gasteiger partial charge in [0.25, 0.3) is 20.2 Å². The van der Waals surface area contributed by atoms with Gasteiger partial charge in [0.05, 0.1) is 16.4 Å². The Hall–Kier alpha value is -2.68. The molecule has 0 unspecified atom stereocenters. The number of benzene rings is 3. The molecule has 3 aromatic carbocycles. The van der Waals surface area contributed by atoms with Gasteiger partial charge in [-0.3, -0.25) is 8.37 Å². The predicted molar refractivity (Wildman–Crippen MR) is 137 cm³/mol. The molecule has 6 atom stereocenters. The molecular formula is C27H28O10S2. The second-order valence-electron chi connectivity index (χ2n) is 9.11. The molecule has 0 radical (unpaired) electrons. The lowest BCUT2D eigenvalue weighted by atomic mass is 9.98. The summed E-state index contributed by atoms with van der Waals surface area (Å²) < 4.78 is 88.0. The second kappa shape index (κ2) is 11.4. The van der Waals surface area contributed by atoms with Gasteiger partial charge in [-0.15, -0.1) is 0 Å². The fourth-order valence-corrected chi connectivity index (χ4v) is 6.61. The second-order valence-corrected chi connectivity index (χ2v) is 12.3. The molecule has 208 valence electrons. The van der Waals surface area contributed by atoms with Crippen LogP contribution in [-0.2, 0) is 47.5 Å². The Kier molecular flexibility index (Phi) is 8.17. The van der Waals surface area contributed by atoms with E-state index in [1.165, 1.54) is 31.4 Å². The van der Waals surface area contributed by atoms with Crippen molar-refractivity contribution in [1.82, 2.24) is 0 Å². The first kappa shape index (κ1) is 27.9. The van der Waals surface area contributed by atoms with Crippen LogP contribution in [0.4, 0.5) is 0 Å². The molecule has 2 heterocycles. The highest BCUT2D eigenvalue weighted by Crippen LogP contribution is 2.38. The van der Waals surface area contributed by atoms with Crippen molar-refractivity contribution in [3.05, 3.63) is 96.1 Å². The summed E-state index contributed by atoms with van der Waals surface area (Å²) in [7, 11) is -7.50. The van der Waals surface area contributed by atoms with Crippen LogP contribution in [0.5, 0.6) is 0 Å². The van der Waals surface area contributed by atoms with Crippen LogP contribution in [-0.4, -0.2) is 61.3 Å². The van der Waals surface area contributed by atoms with Gasteiger partial charge in [0.1, 0.15) is 18.3 Å². The van der Waals surface area contributed by atoms with Crippen molar-refractivity contribution in [2.75, 3.05) is 13.7 Å². The minimum atomic E-state index is -4.40. The van der Waals surface area contributed by atoms with Gasteiger partial charge in [-0.1, -0.05) is 66.2 Å². The largest absolute Gasteiger partial charge is 0.353 e. The number of hydrogen-bond acceptors (Lipinski definition) is 10. The van der Waals surface area contributed by atoms with E-state index < -0.39 is 57.2 Å². The molecule has 2 aliphatic heterocycles. The summed E-state index contributed by atoms with van der Waals surface area (Å²) in [6.45, 7) is 1.82. The highest BCUT2D eigenvalue weighted by Gasteiger charge is 2.54. The van der Waals surface area contributed by atoms with Crippen LogP contribution in [0.25, 0.3) is 0 Å². The molecule has 12 heteroatoms. The molecule has 0 bridgehead atoms. The number of aryl methyl sites for hydroxylation is 1. The Labute approximate surface area is 227 Å². The number of ether oxygens (including phenoxy) is 4. The Morgan fingerprint density at radius 3 is 1.90 bits per heavy atom. The van der Waals surface area contributed by atoms with Crippen LogP contribution in [0.1, 0.15) is 17.4 Å². The summed E-state index contributed by atoms with van der Waals surface area (Å²) in [5.41, 5.74) is 1.53. The van der Waals surface area contributed by atoms with Gasteiger partial charge in [-0.25, -0.2) is 0 Å². The average Bonchev–Trinajstić information content (AvgIpc) is 2.95. The Morgan fingerprint density at radius 2 is 1.28 bits per heavy atom. The molecule has 0 aromatic heterocycles. The van der Waals surface area contributed by atoms with E-state index in [4.69, 9.17) is 27.3 Å². The third-order valence-electron chi connectivity index (χ3n) is 6.40. The number of rotatable bonds is 8. The molecular weight excluding hydrogens is 548 g/mol. The zero-order chi connectivity index (χ0) is 27.6. The van der Waals surface area contributed by atoms with Crippen molar-refractivity contribution in [3.63, 3.8) is 0 Å². The molecule has 2 fully saturated rings. The smallest absolute Gasteiger partial charge is 0.297 e. The monoisotopic (exact) mass is 576 g/mol. The highest BCUT2D eigenvalue weighted by molar-refractivity contribution is 7.87. The van der Waals surface area contributed by atoms with E-state index >= 15 is 0 Å².